The van der Waals surface area contributed by atoms with Crippen molar-refractivity contribution >= 4 is 23.2 Å². The summed E-state index contributed by atoms with van der Waals surface area (Å²) in [6.45, 7) is 1.31. The second kappa shape index (κ2) is 8.26. The Bertz CT molecular complexity index is 771. The molecule has 27 heavy (non-hydrogen) atoms. The molecule has 2 aromatic rings. The number of hydrogen-bond acceptors (Lipinski definition) is 3. The second-order valence-corrected chi connectivity index (χ2v) is 8.72. The number of amides is 2. The predicted molar refractivity (Wildman–Crippen MR) is 107 cm³/mol. The van der Waals surface area contributed by atoms with E-state index in [0.29, 0.717) is 18.9 Å². The number of nitrogens with one attached hydrogen (secondary N) is 1. The molecule has 1 saturated carbocycles. The van der Waals surface area contributed by atoms with Gasteiger partial charge in [0.05, 0.1) is 18.4 Å². The number of likely N-dealkylation sites (tertiary alicyclic amines) is 1. The predicted octanol–water partition coefficient (Wildman–Crippen LogP) is 3.80. The van der Waals surface area contributed by atoms with Gasteiger partial charge in [0.2, 0.25) is 11.8 Å². The van der Waals surface area contributed by atoms with Crippen molar-refractivity contribution in [3.63, 3.8) is 0 Å². The molecule has 2 atom stereocenters. The largest absolute Gasteiger partial charge is 0.356 e. The number of rotatable bonds is 6. The first kappa shape index (κ1) is 18.2. The van der Waals surface area contributed by atoms with Crippen LogP contribution >= 0.6 is 11.3 Å². The van der Waals surface area contributed by atoms with Gasteiger partial charge in [0.1, 0.15) is 0 Å². The van der Waals surface area contributed by atoms with E-state index in [4.69, 9.17) is 0 Å². The Labute approximate surface area is 164 Å². The third-order valence-electron chi connectivity index (χ3n) is 5.62. The van der Waals surface area contributed by atoms with Crippen molar-refractivity contribution in [3.05, 3.63) is 58.3 Å². The summed E-state index contributed by atoms with van der Waals surface area (Å²) in [5.74, 6) is 0.801. The molecule has 1 aromatic heterocycles. The van der Waals surface area contributed by atoms with Crippen molar-refractivity contribution in [2.45, 2.75) is 38.1 Å². The van der Waals surface area contributed by atoms with Gasteiger partial charge in [0.15, 0.2) is 0 Å². The number of thiophene rings is 1. The Morgan fingerprint density at radius 1 is 1.04 bits per heavy atom. The van der Waals surface area contributed by atoms with Crippen LogP contribution in [0.3, 0.4) is 0 Å². The first-order chi connectivity index (χ1) is 13.2. The van der Waals surface area contributed by atoms with Crippen molar-refractivity contribution in [1.82, 2.24) is 10.2 Å². The molecule has 0 unspecified atom stereocenters. The third kappa shape index (κ3) is 4.59. The number of hydrogen-bond donors (Lipinski definition) is 1. The van der Waals surface area contributed by atoms with Crippen LogP contribution in [0.1, 0.15) is 42.2 Å². The minimum absolute atomic E-state index is 0.0612. The Balaban J connectivity index is 1.48. The molecule has 2 amide bonds. The molecule has 142 valence electrons. The van der Waals surface area contributed by atoms with E-state index in [9.17, 15) is 9.59 Å². The Kier molecular flexibility index (Phi) is 5.58. The summed E-state index contributed by atoms with van der Waals surface area (Å²) < 4.78 is 0. The highest BCUT2D eigenvalue weighted by atomic mass is 32.1. The van der Waals surface area contributed by atoms with Crippen LogP contribution in [-0.2, 0) is 16.0 Å². The molecule has 0 spiro atoms. The molecule has 5 heteroatoms. The fraction of sp³-hybridized carbons (Fsp3) is 0.455. The fourth-order valence-electron chi connectivity index (χ4n) is 3.86. The van der Waals surface area contributed by atoms with Crippen molar-refractivity contribution in [1.29, 1.82) is 0 Å². The monoisotopic (exact) mass is 382 g/mol. The van der Waals surface area contributed by atoms with Crippen LogP contribution in [0.4, 0.5) is 0 Å². The van der Waals surface area contributed by atoms with E-state index < -0.39 is 0 Å². The molecule has 1 saturated heterocycles. The van der Waals surface area contributed by atoms with Gasteiger partial charge >= 0.3 is 0 Å². The second-order valence-electron chi connectivity index (χ2n) is 7.69. The van der Waals surface area contributed by atoms with E-state index >= 15 is 0 Å². The molecule has 4 rings (SSSR count). The van der Waals surface area contributed by atoms with E-state index in [1.807, 2.05) is 40.6 Å². The van der Waals surface area contributed by atoms with Crippen LogP contribution in [0.15, 0.2) is 47.8 Å². The Morgan fingerprint density at radius 2 is 1.85 bits per heavy atom. The zero-order valence-electron chi connectivity index (χ0n) is 15.5. The summed E-state index contributed by atoms with van der Waals surface area (Å²) in [4.78, 5) is 28.7. The smallest absolute Gasteiger partial charge is 0.228 e. The highest BCUT2D eigenvalue weighted by molar-refractivity contribution is 7.10. The van der Waals surface area contributed by atoms with Crippen LogP contribution in [-0.4, -0.2) is 29.8 Å². The van der Waals surface area contributed by atoms with E-state index in [-0.39, 0.29) is 23.8 Å². The van der Waals surface area contributed by atoms with Crippen molar-refractivity contribution in [2.24, 2.45) is 11.8 Å². The van der Waals surface area contributed by atoms with Crippen molar-refractivity contribution in [2.75, 3.05) is 13.1 Å². The van der Waals surface area contributed by atoms with Gasteiger partial charge in [-0.05, 0) is 48.6 Å². The molecule has 1 N–H and O–H groups in total. The molecule has 2 heterocycles. The van der Waals surface area contributed by atoms with Crippen LogP contribution in [0.2, 0.25) is 0 Å². The van der Waals surface area contributed by atoms with Gasteiger partial charge in [-0.1, -0.05) is 36.4 Å². The molecular formula is C22H26N2O2S. The third-order valence-corrected chi connectivity index (χ3v) is 6.50. The van der Waals surface area contributed by atoms with Crippen LogP contribution in [0.25, 0.3) is 0 Å². The Morgan fingerprint density at radius 3 is 2.56 bits per heavy atom. The number of carbonyl (C=O) groups excluding carboxylic acids is 2. The highest BCUT2D eigenvalue weighted by Crippen LogP contribution is 2.34. The SMILES string of the molecule is O=C(NCC1CC1)[C@H]1CC[C@@H](c2ccccc2)N(C(=O)Cc2cccs2)C1. The van der Waals surface area contributed by atoms with Gasteiger partial charge in [-0.3, -0.25) is 9.59 Å². The zero-order chi connectivity index (χ0) is 18.6. The molecule has 1 aliphatic carbocycles. The molecule has 4 nitrogen and oxygen atoms in total. The minimum atomic E-state index is -0.101. The van der Waals surface area contributed by atoms with Crippen LogP contribution < -0.4 is 5.32 Å². The maximum Gasteiger partial charge on any atom is 0.228 e. The molecule has 2 fully saturated rings. The quantitative estimate of drug-likeness (QED) is 0.826. The first-order valence-electron chi connectivity index (χ1n) is 9.85. The van der Waals surface area contributed by atoms with E-state index in [1.165, 1.54) is 12.8 Å². The van der Waals surface area contributed by atoms with Gasteiger partial charge in [-0.25, -0.2) is 0 Å². The number of benzene rings is 1. The lowest BCUT2D eigenvalue weighted by molar-refractivity contribution is -0.138. The average molecular weight is 383 g/mol. The van der Waals surface area contributed by atoms with Gasteiger partial charge in [0, 0.05) is 18.0 Å². The number of nitrogens with zero attached hydrogens (tertiary/aromatic N) is 1. The molecular weight excluding hydrogens is 356 g/mol. The molecule has 0 bridgehead atoms. The molecule has 1 aromatic carbocycles. The summed E-state index contributed by atoms with van der Waals surface area (Å²) >= 11 is 1.61. The first-order valence-corrected chi connectivity index (χ1v) is 10.7. The van der Waals surface area contributed by atoms with Gasteiger partial charge in [0.25, 0.3) is 0 Å². The zero-order valence-corrected chi connectivity index (χ0v) is 16.3. The maximum absolute atomic E-state index is 13.1. The highest BCUT2D eigenvalue weighted by Gasteiger charge is 2.35. The van der Waals surface area contributed by atoms with Crippen molar-refractivity contribution in [3.8, 4) is 0 Å². The molecule has 0 radical (unpaired) electrons. The molecule has 2 aliphatic rings. The van der Waals surface area contributed by atoms with Gasteiger partial charge in [-0.2, -0.15) is 0 Å². The fourth-order valence-corrected chi connectivity index (χ4v) is 4.55. The van der Waals surface area contributed by atoms with E-state index in [2.05, 4.69) is 17.4 Å². The van der Waals surface area contributed by atoms with E-state index in [0.717, 1.165) is 29.8 Å². The number of piperidine rings is 1. The summed E-state index contributed by atoms with van der Waals surface area (Å²) in [7, 11) is 0. The summed E-state index contributed by atoms with van der Waals surface area (Å²) in [5.41, 5.74) is 1.16. The van der Waals surface area contributed by atoms with Crippen LogP contribution in [0, 0.1) is 11.8 Å². The lowest BCUT2D eigenvalue weighted by Gasteiger charge is -2.39. The van der Waals surface area contributed by atoms with Gasteiger partial charge < -0.3 is 10.2 Å². The van der Waals surface area contributed by atoms with E-state index in [1.54, 1.807) is 11.3 Å². The summed E-state index contributed by atoms with van der Waals surface area (Å²) in [6.07, 6.45) is 4.54. The normalized spacial score (nSPS) is 22.4. The molecule has 1 aliphatic heterocycles. The minimum Gasteiger partial charge on any atom is -0.356 e. The topological polar surface area (TPSA) is 49.4 Å². The summed E-state index contributed by atoms with van der Waals surface area (Å²) in [5, 5.41) is 5.10. The van der Waals surface area contributed by atoms with Crippen molar-refractivity contribution < 1.29 is 9.59 Å². The van der Waals surface area contributed by atoms with Gasteiger partial charge in [-0.15, -0.1) is 11.3 Å². The standard InChI is InChI=1S/C22H26N2O2S/c25-21(13-19-7-4-12-27-19)24-15-18(22(26)23-14-16-8-9-16)10-11-20(24)17-5-2-1-3-6-17/h1-7,12,16,18,20H,8-11,13-15H2,(H,23,26)/t18-,20-/m0/s1. The van der Waals surface area contributed by atoms with Crippen LogP contribution in [0.5, 0.6) is 0 Å². The lowest BCUT2D eigenvalue weighted by Crippen LogP contribution is -2.47. The lowest BCUT2D eigenvalue weighted by atomic mass is 9.88. The Hall–Kier alpha value is -2.14. The summed E-state index contributed by atoms with van der Waals surface area (Å²) in [6, 6.07) is 14.3. The number of carbonyl (C=O) groups is 2. The average Bonchev–Trinajstić information content (AvgIpc) is 3.41. The maximum atomic E-state index is 13.1.